The molecule has 0 fully saturated rings. The van der Waals surface area contributed by atoms with Crippen molar-refractivity contribution in [3.05, 3.63) is 60.4 Å². The Labute approximate surface area is 156 Å². The molecule has 3 rings (SSSR count). The summed E-state index contributed by atoms with van der Waals surface area (Å²) in [6, 6.07) is 16.9. The molecule has 6 nitrogen and oxygen atoms in total. The van der Waals surface area contributed by atoms with Crippen LogP contribution in [-0.4, -0.2) is 26.4 Å². The minimum atomic E-state index is -0.0879. The molecule has 0 aliphatic carbocycles. The Morgan fingerprint density at radius 1 is 1.08 bits per heavy atom. The predicted octanol–water partition coefficient (Wildman–Crippen LogP) is 4.13. The zero-order valence-electron chi connectivity index (χ0n) is 14.7. The molecule has 1 aromatic heterocycles. The van der Waals surface area contributed by atoms with E-state index in [0.717, 1.165) is 34.7 Å². The van der Waals surface area contributed by atoms with E-state index in [2.05, 4.69) is 15.5 Å². The Kier molecular flexibility index (Phi) is 5.91. The second kappa shape index (κ2) is 8.53. The number of nitrogens with one attached hydrogen (secondary N) is 1. The van der Waals surface area contributed by atoms with E-state index in [4.69, 9.17) is 4.74 Å². The van der Waals surface area contributed by atoms with Crippen LogP contribution in [-0.2, 0) is 11.3 Å². The standard InChI is InChI=1S/C19H20N4O2S/c1-3-23-14(2)21-22-19(23)26-13-18(24)20-15-9-11-17(12-10-15)25-16-7-5-4-6-8-16/h4-12H,3,13H2,1-2H3,(H,20,24). The molecule has 1 heterocycles. The van der Waals surface area contributed by atoms with Crippen molar-refractivity contribution >= 4 is 23.4 Å². The first-order valence-corrected chi connectivity index (χ1v) is 9.29. The lowest BCUT2D eigenvalue weighted by atomic mass is 10.3. The lowest BCUT2D eigenvalue weighted by Crippen LogP contribution is -2.14. The highest BCUT2D eigenvalue weighted by molar-refractivity contribution is 7.99. The topological polar surface area (TPSA) is 69.0 Å². The highest BCUT2D eigenvalue weighted by Crippen LogP contribution is 2.23. The predicted molar refractivity (Wildman–Crippen MR) is 103 cm³/mol. The number of nitrogens with zero attached hydrogens (tertiary/aromatic N) is 3. The number of carbonyl (C=O) groups is 1. The van der Waals surface area contributed by atoms with E-state index < -0.39 is 0 Å². The summed E-state index contributed by atoms with van der Waals surface area (Å²) in [5.74, 6) is 2.53. The summed E-state index contributed by atoms with van der Waals surface area (Å²) < 4.78 is 7.72. The van der Waals surface area contributed by atoms with Crippen LogP contribution in [0.3, 0.4) is 0 Å². The monoisotopic (exact) mass is 368 g/mol. The molecule has 0 saturated heterocycles. The van der Waals surface area contributed by atoms with Crippen molar-refractivity contribution in [2.75, 3.05) is 11.1 Å². The summed E-state index contributed by atoms with van der Waals surface area (Å²) in [7, 11) is 0. The summed E-state index contributed by atoms with van der Waals surface area (Å²) in [6.07, 6.45) is 0. The van der Waals surface area contributed by atoms with Gasteiger partial charge in [-0.05, 0) is 50.2 Å². The van der Waals surface area contributed by atoms with Crippen LogP contribution < -0.4 is 10.1 Å². The van der Waals surface area contributed by atoms with Crippen LogP contribution in [0.25, 0.3) is 0 Å². The van der Waals surface area contributed by atoms with E-state index in [1.165, 1.54) is 11.8 Å². The van der Waals surface area contributed by atoms with Crippen molar-refractivity contribution in [2.45, 2.75) is 25.5 Å². The van der Waals surface area contributed by atoms with Crippen LogP contribution in [0.15, 0.2) is 59.8 Å². The number of benzene rings is 2. The second-order valence-electron chi connectivity index (χ2n) is 5.55. The molecular formula is C19H20N4O2S. The zero-order valence-corrected chi connectivity index (χ0v) is 15.5. The van der Waals surface area contributed by atoms with E-state index in [9.17, 15) is 4.79 Å². The van der Waals surface area contributed by atoms with Gasteiger partial charge in [0.1, 0.15) is 17.3 Å². The van der Waals surface area contributed by atoms with Crippen LogP contribution in [0.5, 0.6) is 11.5 Å². The molecule has 3 aromatic rings. The van der Waals surface area contributed by atoms with Crippen molar-refractivity contribution in [1.29, 1.82) is 0 Å². The van der Waals surface area contributed by atoms with E-state index >= 15 is 0 Å². The molecule has 1 N–H and O–H groups in total. The quantitative estimate of drug-likeness (QED) is 0.635. The molecular weight excluding hydrogens is 348 g/mol. The normalized spacial score (nSPS) is 10.5. The van der Waals surface area contributed by atoms with Crippen LogP contribution in [0.4, 0.5) is 5.69 Å². The lowest BCUT2D eigenvalue weighted by molar-refractivity contribution is -0.113. The van der Waals surface area contributed by atoms with Gasteiger partial charge in [0.2, 0.25) is 5.91 Å². The van der Waals surface area contributed by atoms with Crippen molar-refractivity contribution in [2.24, 2.45) is 0 Å². The largest absolute Gasteiger partial charge is 0.457 e. The van der Waals surface area contributed by atoms with Gasteiger partial charge in [-0.2, -0.15) is 0 Å². The maximum atomic E-state index is 12.1. The summed E-state index contributed by atoms with van der Waals surface area (Å²) >= 11 is 1.38. The zero-order chi connectivity index (χ0) is 18.4. The summed E-state index contributed by atoms with van der Waals surface area (Å²) in [4.78, 5) is 12.1. The van der Waals surface area contributed by atoms with Gasteiger partial charge in [0.25, 0.3) is 0 Å². The summed E-state index contributed by atoms with van der Waals surface area (Å²) in [5, 5.41) is 11.8. The number of ether oxygens (including phenoxy) is 1. The molecule has 7 heteroatoms. The highest BCUT2D eigenvalue weighted by Gasteiger charge is 2.10. The van der Waals surface area contributed by atoms with Crippen LogP contribution >= 0.6 is 11.8 Å². The minimum absolute atomic E-state index is 0.0879. The maximum Gasteiger partial charge on any atom is 0.234 e. The third-order valence-corrected chi connectivity index (χ3v) is 4.63. The molecule has 2 aromatic carbocycles. The first kappa shape index (κ1) is 18.0. The van der Waals surface area contributed by atoms with Gasteiger partial charge in [0.15, 0.2) is 5.16 Å². The smallest absolute Gasteiger partial charge is 0.234 e. The molecule has 0 aliphatic heterocycles. The first-order valence-electron chi connectivity index (χ1n) is 8.31. The Balaban J connectivity index is 1.52. The molecule has 1 amide bonds. The number of rotatable bonds is 7. The second-order valence-corrected chi connectivity index (χ2v) is 6.49. The fraction of sp³-hybridized carbons (Fsp3) is 0.211. The first-order chi connectivity index (χ1) is 12.7. The Bertz CT molecular complexity index is 863. The Morgan fingerprint density at radius 3 is 2.46 bits per heavy atom. The van der Waals surface area contributed by atoms with Crippen molar-refractivity contribution < 1.29 is 9.53 Å². The molecule has 0 bridgehead atoms. The number of thioether (sulfide) groups is 1. The van der Waals surface area contributed by atoms with Gasteiger partial charge in [0.05, 0.1) is 5.75 Å². The van der Waals surface area contributed by atoms with Crippen LogP contribution in [0.2, 0.25) is 0 Å². The number of amides is 1. The Hall–Kier alpha value is -2.80. The molecule has 0 saturated carbocycles. The number of para-hydroxylation sites is 1. The van der Waals surface area contributed by atoms with E-state index in [1.807, 2.05) is 73.0 Å². The van der Waals surface area contributed by atoms with Crippen LogP contribution in [0, 0.1) is 6.92 Å². The lowest BCUT2D eigenvalue weighted by Gasteiger charge is -2.08. The van der Waals surface area contributed by atoms with Crippen molar-refractivity contribution in [3.63, 3.8) is 0 Å². The van der Waals surface area contributed by atoms with Gasteiger partial charge in [0, 0.05) is 12.2 Å². The third-order valence-electron chi connectivity index (χ3n) is 3.67. The average molecular weight is 368 g/mol. The third kappa shape index (κ3) is 4.64. The van der Waals surface area contributed by atoms with Crippen molar-refractivity contribution in [3.8, 4) is 11.5 Å². The van der Waals surface area contributed by atoms with Gasteiger partial charge in [-0.15, -0.1) is 10.2 Å². The minimum Gasteiger partial charge on any atom is -0.457 e. The van der Waals surface area contributed by atoms with Gasteiger partial charge in [-0.1, -0.05) is 30.0 Å². The SMILES string of the molecule is CCn1c(C)nnc1SCC(=O)Nc1ccc(Oc2ccccc2)cc1. The molecule has 0 radical (unpaired) electrons. The molecule has 134 valence electrons. The average Bonchev–Trinajstić information content (AvgIpc) is 3.02. The van der Waals surface area contributed by atoms with Gasteiger partial charge >= 0.3 is 0 Å². The number of hydrogen-bond donors (Lipinski definition) is 1. The molecule has 0 spiro atoms. The highest BCUT2D eigenvalue weighted by atomic mass is 32.2. The fourth-order valence-corrected chi connectivity index (χ4v) is 3.24. The maximum absolute atomic E-state index is 12.1. The molecule has 0 atom stereocenters. The van der Waals surface area contributed by atoms with Crippen molar-refractivity contribution in [1.82, 2.24) is 14.8 Å². The van der Waals surface area contributed by atoms with E-state index in [1.54, 1.807) is 0 Å². The number of hydrogen-bond acceptors (Lipinski definition) is 5. The molecule has 0 aliphatic rings. The van der Waals surface area contributed by atoms with E-state index in [0.29, 0.717) is 0 Å². The Morgan fingerprint density at radius 2 is 1.77 bits per heavy atom. The summed E-state index contributed by atoms with van der Waals surface area (Å²) in [5.41, 5.74) is 0.726. The number of carbonyl (C=O) groups excluding carboxylic acids is 1. The molecule has 26 heavy (non-hydrogen) atoms. The van der Waals surface area contributed by atoms with Crippen LogP contribution in [0.1, 0.15) is 12.7 Å². The van der Waals surface area contributed by atoms with Gasteiger partial charge in [-0.3, -0.25) is 4.79 Å². The summed E-state index contributed by atoms with van der Waals surface area (Å²) in [6.45, 7) is 4.71. The molecule has 0 unspecified atom stereocenters. The van der Waals surface area contributed by atoms with Gasteiger partial charge in [-0.25, -0.2) is 0 Å². The van der Waals surface area contributed by atoms with E-state index in [-0.39, 0.29) is 11.7 Å². The fourth-order valence-electron chi connectivity index (χ4n) is 2.39. The number of aromatic nitrogens is 3. The number of aryl methyl sites for hydroxylation is 1. The number of anilines is 1. The van der Waals surface area contributed by atoms with Gasteiger partial charge < -0.3 is 14.6 Å².